The summed E-state index contributed by atoms with van der Waals surface area (Å²) in [6.45, 7) is 2.12. The molecule has 0 saturated heterocycles. The van der Waals surface area contributed by atoms with Crippen LogP contribution in [0, 0.1) is 12.7 Å². The lowest BCUT2D eigenvalue weighted by Gasteiger charge is -2.41. The summed E-state index contributed by atoms with van der Waals surface area (Å²) in [5.74, 6) is -0.0819. The maximum atomic E-state index is 13.4. The Morgan fingerprint density at radius 2 is 2.13 bits per heavy atom. The number of hydrogen-bond acceptors (Lipinski definition) is 2. The highest BCUT2D eigenvalue weighted by atomic mass is 19.1. The molecule has 2 nitrogen and oxygen atoms in total. The average molecular weight is 209 g/mol. The summed E-state index contributed by atoms with van der Waals surface area (Å²) in [6, 6.07) is 2.93. The van der Waals surface area contributed by atoms with Crippen molar-refractivity contribution >= 4 is 0 Å². The molecule has 1 aliphatic rings. The zero-order valence-electron chi connectivity index (χ0n) is 8.89. The molecule has 2 rings (SSSR count). The van der Waals surface area contributed by atoms with Gasteiger partial charge in [-0.05, 0) is 37.5 Å². The molecule has 0 heterocycles. The Morgan fingerprint density at radius 1 is 1.47 bits per heavy atom. The van der Waals surface area contributed by atoms with Crippen molar-refractivity contribution in [3.63, 3.8) is 0 Å². The molecule has 1 aromatic rings. The third-order valence-electron chi connectivity index (χ3n) is 3.55. The van der Waals surface area contributed by atoms with Crippen LogP contribution in [0.2, 0.25) is 0 Å². The zero-order valence-corrected chi connectivity index (χ0v) is 8.89. The van der Waals surface area contributed by atoms with E-state index in [4.69, 9.17) is 5.73 Å². The summed E-state index contributed by atoms with van der Waals surface area (Å²) in [7, 11) is 0. The number of aromatic hydroxyl groups is 1. The van der Waals surface area contributed by atoms with Crippen LogP contribution in [-0.4, -0.2) is 11.7 Å². The minimum Gasteiger partial charge on any atom is -0.508 e. The fraction of sp³-hybridized carbons (Fsp3) is 0.500. The summed E-state index contributed by atoms with van der Waals surface area (Å²) < 4.78 is 13.4. The van der Waals surface area contributed by atoms with Crippen LogP contribution in [0.25, 0.3) is 0 Å². The Bertz CT molecular complexity index is 380. The van der Waals surface area contributed by atoms with Crippen LogP contribution < -0.4 is 5.73 Å². The van der Waals surface area contributed by atoms with Crippen molar-refractivity contribution in [3.8, 4) is 5.75 Å². The number of hydrogen-bond donors (Lipinski definition) is 2. The molecule has 0 unspecified atom stereocenters. The summed E-state index contributed by atoms with van der Waals surface area (Å²) in [5, 5.41) is 9.83. The van der Waals surface area contributed by atoms with Crippen LogP contribution in [0.3, 0.4) is 0 Å². The first-order valence-electron chi connectivity index (χ1n) is 5.29. The second-order valence-electron chi connectivity index (χ2n) is 4.46. The van der Waals surface area contributed by atoms with Gasteiger partial charge in [0.15, 0.2) is 0 Å². The second kappa shape index (κ2) is 3.49. The van der Waals surface area contributed by atoms with Crippen molar-refractivity contribution in [1.82, 2.24) is 0 Å². The summed E-state index contributed by atoms with van der Waals surface area (Å²) in [6.07, 6.45) is 2.99. The molecular weight excluding hydrogens is 193 g/mol. The van der Waals surface area contributed by atoms with Crippen LogP contribution in [0.1, 0.15) is 30.4 Å². The summed E-state index contributed by atoms with van der Waals surface area (Å²) in [4.78, 5) is 0. The molecular formula is C12H16FNO. The van der Waals surface area contributed by atoms with Gasteiger partial charge in [0.05, 0.1) is 0 Å². The van der Waals surface area contributed by atoms with Gasteiger partial charge in [-0.3, -0.25) is 0 Å². The zero-order chi connectivity index (χ0) is 11.1. The van der Waals surface area contributed by atoms with Crippen molar-refractivity contribution in [1.29, 1.82) is 0 Å². The van der Waals surface area contributed by atoms with E-state index in [2.05, 4.69) is 0 Å². The third-order valence-corrected chi connectivity index (χ3v) is 3.55. The molecule has 0 bridgehead atoms. The maximum absolute atomic E-state index is 13.4. The Labute approximate surface area is 88.9 Å². The highest BCUT2D eigenvalue weighted by Gasteiger charge is 2.39. The van der Waals surface area contributed by atoms with Crippen molar-refractivity contribution < 1.29 is 9.50 Å². The van der Waals surface area contributed by atoms with Crippen LogP contribution in [-0.2, 0) is 5.41 Å². The Kier molecular flexibility index (Phi) is 2.43. The molecule has 0 atom stereocenters. The third kappa shape index (κ3) is 1.51. The molecule has 0 aromatic heterocycles. The average Bonchev–Trinajstić information content (AvgIpc) is 2.12. The SMILES string of the molecule is Cc1cc(O)c(C2(CN)CCC2)cc1F. The van der Waals surface area contributed by atoms with Crippen LogP contribution in [0.15, 0.2) is 12.1 Å². The lowest BCUT2D eigenvalue weighted by Crippen LogP contribution is -2.41. The quantitative estimate of drug-likeness (QED) is 0.784. The number of nitrogens with two attached hydrogens (primary N) is 1. The number of rotatable bonds is 2. The number of phenolic OH excluding ortho intramolecular Hbond substituents is 1. The largest absolute Gasteiger partial charge is 0.508 e. The van der Waals surface area contributed by atoms with Crippen LogP contribution >= 0.6 is 0 Å². The van der Waals surface area contributed by atoms with E-state index in [-0.39, 0.29) is 17.0 Å². The molecule has 0 aliphatic heterocycles. The van der Waals surface area contributed by atoms with Gasteiger partial charge in [0.2, 0.25) is 0 Å². The van der Waals surface area contributed by atoms with Crippen LogP contribution in [0.4, 0.5) is 4.39 Å². The summed E-state index contributed by atoms with van der Waals surface area (Å²) >= 11 is 0. The molecule has 1 aliphatic carbocycles. The molecule has 0 radical (unpaired) electrons. The standard InChI is InChI=1S/C12H16FNO/c1-8-5-11(15)9(6-10(8)13)12(7-14)3-2-4-12/h5-6,15H,2-4,7,14H2,1H3. The molecule has 0 amide bonds. The van der Waals surface area contributed by atoms with Crippen molar-refractivity contribution in [3.05, 3.63) is 29.1 Å². The molecule has 1 fully saturated rings. The fourth-order valence-electron chi connectivity index (χ4n) is 2.28. The highest BCUT2D eigenvalue weighted by molar-refractivity contribution is 5.43. The Morgan fingerprint density at radius 3 is 2.60 bits per heavy atom. The van der Waals surface area contributed by atoms with Gasteiger partial charge in [-0.15, -0.1) is 0 Å². The van der Waals surface area contributed by atoms with E-state index >= 15 is 0 Å². The van der Waals surface area contributed by atoms with Gasteiger partial charge in [-0.25, -0.2) is 4.39 Å². The predicted molar refractivity (Wildman–Crippen MR) is 57.4 cm³/mol. The minimum atomic E-state index is -0.262. The van der Waals surface area contributed by atoms with E-state index in [0.29, 0.717) is 17.7 Å². The Balaban J connectivity index is 2.47. The first-order valence-corrected chi connectivity index (χ1v) is 5.29. The van der Waals surface area contributed by atoms with E-state index in [1.54, 1.807) is 6.92 Å². The van der Waals surface area contributed by atoms with E-state index < -0.39 is 0 Å². The van der Waals surface area contributed by atoms with Crippen molar-refractivity contribution in [2.45, 2.75) is 31.6 Å². The number of halogens is 1. The van der Waals surface area contributed by atoms with E-state index in [1.807, 2.05) is 0 Å². The predicted octanol–water partition coefficient (Wildman–Crippen LogP) is 2.22. The topological polar surface area (TPSA) is 46.2 Å². The van der Waals surface area contributed by atoms with E-state index in [9.17, 15) is 9.50 Å². The first-order chi connectivity index (χ1) is 7.09. The molecule has 82 valence electrons. The second-order valence-corrected chi connectivity index (χ2v) is 4.46. The monoisotopic (exact) mass is 209 g/mol. The van der Waals surface area contributed by atoms with Gasteiger partial charge < -0.3 is 10.8 Å². The van der Waals surface area contributed by atoms with E-state index in [0.717, 1.165) is 19.3 Å². The van der Waals surface area contributed by atoms with Gasteiger partial charge in [-0.2, -0.15) is 0 Å². The normalized spacial score (nSPS) is 18.6. The molecule has 0 spiro atoms. The number of phenols is 1. The fourth-order valence-corrected chi connectivity index (χ4v) is 2.28. The molecule has 3 N–H and O–H groups in total. The molecule has 3 heteroatoms. The lowest BCUT2D eigenvalue weighted by molar-refractivity contribution is 0.244. The number of benzene rings is 1. The minimum absolute atomic E-state index is 0.180. The maximum Gasteiger partial charge on any atom is 0.126 e. The van der Waals surface area contributed by atoms with Crippen molar-refractivity contribution in [2.24, 2.45) is 5.73 Å². The van der Waals surface area contributed by atoms with Gasteiger partial charge in [0.25, 0.3) is 0 Å². The Hall–Kier alpha value is -1.09. The van der Waals surface area contributed by atoms with Gasteiger partial charge in [-0.1, -0.05) is 6.42 Å². The van der Waals surface area contributed by atoms with Gasteiger partial charge in [0.1, 0.15) is 11.6 Å². The molecule has 1 saturated carbocycles. The number of aryl methyl sites for hydroxylation is 1. The smallest absolute Gasteiger partial charge is 0.126 e. The summed E-state index contributed by atoms with van der Waals surface area (Å²) in [5.41, 5.74) is 6.70. The van der Waals surface area contributed by atoms with Crippen LogP contribution in [0.5, 0.6) is 5.75 Å². The van der Waals surface area contributed by atoms with Crippen molar-refractivity contribution in [2.75, 3.05) is 6.54 Å². The van der Waals surface area contributed by atoms with Gasteiger partial charge in [0, 0.05) is 17.5 Å². The molecule has 15 heavy (non-hydrogen) atoms. The first kappa shape index (κ1) is 10.4. The van der Waals surface area contributed by atoms with E-state index in [1.165, 1.54) is 12.1 Å². The lowest BCUT2D eigenvalue weighted by atomic mass is 9.64. The molecule has 1 aromatic carbocycles. The van der Waals surface area contributed by atoms with Gasteiger partial charge >= 0.3 is 0 Å². The highest BCUT2D eigenvalue weighted by Crippen LogP contribution is 2.46.